The molecule has 112 valence electrons. The molecule has 0 radical (unpaired) electrons. The molecule has 2 aromatic rings. The van der Waals surface area contributed by atoms with E-state index in [4.69, 9.17) is 9.15 Å². The monoisotopic (exact) mass is 293 g/mol. The van der Waals surface area contributed by atoms with Crippen molar-refractivity contribution < 1.29 is 23.4 Å². The molecule has 0 aliphatic rings. The minimum atomic E-state index is -0.650. The van der Waals surface area contributed by atoms with Crippen molar-refractivity contribution in [1.82, 2.24) is 5.32 Å². The highest BCUT2D eigenvalue weighted by molar-refractivity contribution is 5.94. The quantitative estimate of drug-likeness (QED) is 0.855. The van der Waals surface area contributed by atoms with Crippen molar-refractivity contribution >= 4 is 5.91 Å². The summed E-state index contributed by atoms with van der Waals surface area (Å²) < 4.78 is 23.5. The van der Waals surface area contributed by atoms with E-state index < -0.39 is 17.8 Å². The van der Waals surface area contributed by atoms with Gasteiger partial charge in [0.1, 0.15) is 17.6 Å². The molecule has 2 rings (SSSR count). The fourth-order valence-corrected chi connectivity index (χ4v) is 1.92. The Bertz CT molecular complexity index is 598. The van der Waals surface area contributed by atoms with E-state index >= 15 is 0 Å². The Balaban J connectivity index is 2.14. The third-order valence-electron chi connectivity index (χ3n) is 2.98. The molecule has 0 aliphatic heterocycles. The molecule has 21 heavy (non-hydrogen) atoms. The lowest BCUT2D eigenvalue weighted by atomic mass is 10.1. The molecular weight excluding hydrogens is 277 g/mol. The van der Waals surface area contributed by atoms with Crippen LogP contribution in [0.1, 0.15) is 27.7 Å². The Morgan fingerprint density at radius 2 is 2.29 bits per heavy atom. The average Bonchev–Trinajstić information content (AvgIpc) is 3.01. The third kappa shape index (κ3) is 3.68. The van der Waals surface area contributed by atoms with Gasteiger partial charge in [-0.25, -0.2) is 4.39 Å². The molecule has 0 saturated carbocycles. The third-order valence-corrected chi connectivity index (χ3v) is 2.98. The Kier molecular flexibility index (Phi) is 5.08. The fourth-order valence-electron chi connectivity index (χ4n) is 1.92. The van der Waals surface area contributed by atoms with Crippen molar-refractivity contribution in [1.29, 1.82) is 0 Å². The minimum Gasteiger partial charge on any atom is -0.467 e. The number of furan rings is 1. The SMILES string of the molecule is COCc1cc(C(=O)NC(CO)c2ccco2)ccc1F. The van der Waals surface area contributed by atoms with Gasteiger partial charge in [0.2, 0.25) is 0 Å². The van der Waals surface area contributed by atoms with Gasteiger partial charge in [0.25, 0.3) is 5.91 Å². The smallest absolute Gasteiger partial charge is 0.251 e. The number of methoxy groups -OCH3 is 1. The van der Waals surface area contributed by atoms with Gasteiger partial charge >= 0.3 is 0 Å². The highest BCUT2D eigenvalue weighted by Crippen LogP contribution is 2.16. The van der Waals surface area contributed by atoms with Crippen LogP contribution in [0.25, 0.3) is 0 Å². The molecule has 6 heteroatoms. The molecule has 1 aromatic carbocycles. The summed E-state index contributed by atoms with van der Waals surface area (Å²) in [5, 5.41) is 12.0. The van der Waals surface area contributed by atoms with E-state index in [1.165, 1.54) is 31.6 Å². The van der Waals surface area contributed by atoms with Crippen LogP contribution in [-0.4, -0.2) is 24.7 Å². The second-order valence-corrected chi connectivity index (χ2v) is 4.46. The number of amides is 1. The predicted octanol–water partition coefficient (Wildman–Crippen LogP) is 2.03. The number of benzene rings is 1. The van der Waals surface area contributed by atoms with Gasteiger partial charge in [-0.2, -0.15) is 0 Å². The molecule has 2 N–H and O–H groups in total. The van der Waals surface area contributed by atoms with E-state index in [9.17, 15) is 14.3 Å². The molecule has 1 unspecified atom stereocenters. The number of aliphatic hydroxyl groups excluding tert-OH is 1. The summed E-state index contributed by atoms with van der Waals surface area (Å²) in [4.78, 5) is 12.1. The summed E-state index contributed by atoms with van der Waals surface area (Å²) >= 11 is 0. The van der Waals surface area contributed by atoms with Crippen molar-refractivity contribution in [3.8, 4) is 0 Å². The Labute approximate surface area is 121 Å². The van der Waals surface area contributed by atoms with Crippen LogP contribution in [0.5, 0.6) is 0 Å². The zero-order chi connectivity index (χ0) is 15.2. The highest BCUT2D eigenvalue weighted by Gasteiger charge is 2.18. The van der Waals surface area contributed by atoms with Crippen LogP contribution >= 0.6 is 0 Å². The van der Waals surface area contributed by atoms with Crippen LogP contribution in [0.2, 0.25) is 0 Å². The molecule has 1 aromatic heterocycles. The molecule has 1 heterocycles. The summed E-state index contributed by atoms with van der Waals surface area (Å²) in [6.07, 6.45) is 1.46. The number of aliphatic hydroxyl groups is 1. The largest absolute Gasteiger partial charge is 0.467 e. The number of hydrogen-bond acceptors (Lipinski definition) is 4. The zero-order valence-corrected chi connectivity index (χ0v) is 11.5. The molecule has 1 amide bonds. The van der Waals surface area contributed by atoms with Crippen LogP contribution in [0.15, 0.2) is 41.0 Å². The maximum Gasteiger partial charge on any atom is 0.251 e. The fraction of sp³-hybridized carbons (Fsp3) is 0.267. The Hall–Kier alpha value is -2.18. The van der Waals surface area contributed by atoms with Crippen molar-refractivity contribution in [2.45, 2.75) is 12.6 Å². The van der Waals surface area contributed by atoms with Crippen LogP contribution in [0.4, 0.5) is 4.39 Å². The maximum absolute atomic E-state index is 13.5. The first-order valence-electron chi connectivity index (χ1n) is 6.38. The standard InChI is InChI=1S/C15H16FNO4/c1-20-9-11-7-10(4-5-12(11)16)15(19)17-13(8-18)14-3-2-6-21-14/h2-7,13,18H,8-9H2,1H3,(H,17,19). The number of carbonyl (C=O) groups is 1. The topological polar surface area (TPSA) is 71.7 Å². The van der Waals surface area contributed by atoms with E-state index in [0.717, 1.165) is 0 Å². The molecule has 0 bridgehead atoms. The lowest BCUT2D eigenvalue weighted by Gasteiger charge is -2.14. The van der Waals surface area contributed by atoms with E-state index in [2.05, 4.69) is 5.32 Å². The molecule has 0 spiro atoms. The molecule has 1 atom stereocenters. The predicted molar refractivity (Wildman–Crippen MR) is 73.1 cm³/mol. The number of nitrogens with one attached hydrogen (secondary N) is 1. The van der Waals surface area contributed by atoms with E-state index in [-0.39, 0.29) is 18.8 Å². The molecule has 5 nitrogen and oxygen atoms in total. The van der Waals surface area contributed by atoms with Gasteiger partial charge < -0.3 is 19.6 Å². The number of ether oxygens (including phenoxy) is 1. The normalized spacial score (nSPS) is 12.1. The van der Waals surface area contributed by atoms with E-state index in [0.29, 0.717) is 11.3 Å². The highest BCUT2D eigenvalue weighted by atomic mass is 19.1. The van der Waals surface area contributed by atoms with Gasteiger partial charge in [0, 0.05) is 18.2 Å². The van der Waals surface area contributed by atoms with Gasteiger partial charge in [-0.1, -0.05) is 0 Å². The van der Waals surface area contributed by atoms with Gasteiger partial charge in [-0.05, 0) is 30.3 Å². The summed E-state index contributed by atoms with van der Waals surface area (Å²) in [7, 11) is 1.45. The Morgan fingerprint density at radius 3 is 2.90 bits per heavy atom. The van der Waals surface area contributed by atoms with Gasteiger partial charge in [0.05, 0.1) is 19.5 Å². The van der Waals surface area contributed by atoms with Crippen LogP contribution < -0.4 is 5.32 Å². The first kappa shape index (κ1) is 15.2. The minimum absolute atomic E-state index is 0.0779. The number of hydrogen-bond donors (Lipinski definition) is 2. The van der Waals surface area contributed by atoms with Crippen LogP contribution in [0.3, 0.4) is 0 Å². The summed E-state index contributed by atoms with van der Waals surface area (Å²) in [5.74, 6) is -0.411. The van der Waals surface area contributed by atoms with E-state index in [1.54, 1.807) is 12.1 Å². The summed E-state index contributed by atoms with van der Waals surface area (Å²) in [5.41, 5.74) is 0.581. The van der Waals surface area contributed by atoms with Crippen LogP contribution in [0, 0.1) is 5.82 Å². The van der Waals surface area contributed by atoms with Gasteiger partial charge in [0.15, 0.2) is 0 Å². The van der Waals surface area contributed by atoms with Crippen molar-refractivity contribution in [2.24, 2.45) is 0 Å². The van der Waals surface area contributed by atoms with Gasteiger partial charge in [-0.3, -0.25) is 4.79 Å². The van der Waals surface area contributed by atoms with Crippen LogP contribution in [-0.2, 0) is 11.3 Å². The second-order valence-electron chi connectivity index (χ2n) is 4.46. The number of rotatable bonds is 6. The lowest BCUT2D eigenvalue weighted by molar-refractivity contribution is 0.0907. The summed E-state index contributed by atoms with van der Waals surface area (Å²) in [6.45, 7) is -0.222. The summed E-state index contributed by atoms with van der Waals surface area (Å²) in [6, 6.07) is 6.68. The van der Waals surface area contributed by atoms with Crippen molar-refractivity contribution in [2.75, 3.05) is 13.7 Å². The number of carbonyl (C=O) groups excluding carboxylic acids is 1. The van der Waals surface area contributed by atoms with Crippen molar-refractivity contribution in [3.05, 3.63) is 59.3 Å². The first-order chi connectivity index (χ1) is 10.2. The van der Waals surface area contributed by atoms with E-state index in [1.807, 2.05) is 0 Å². The zero-order valence-electron chi connectivity index (χ0n) is 11.5. The lowest BCUT2D eigenvalue weighted by Crippen LogP contribution is -2.30. The maximum atomic E-state index is 13.5. The number of halogens is 1. The molecule has 0 saturated heterocycles. The second kappa shape index (κ2) is 7.01. The first-order valence-corrected chi connectivity index (χ1v) is 6.38. The van der Waals surface area contributed by atoms with Crippen molar-refractivity contribution in [3.63, 3.8) is 0 Å². The molecule has 0 aliphatic carbocycles. The van der Waals surface area contributed by atoms with Gasteiger partial charge in [-0.15, -0.1) is 0 Å². The molecule has 0 fully saturated rings. The Morgan fingerprint density at radius 1 is 1.48 bits per heavy atom. The average molecular weight is 293 g/mol. The molecular formula is C15H16FNO4.